The van der Waals surface area contributed by atoms with E-state index in [0.717, 1.165) is 0 Å². The smallest absolute Gasteiger partial charge is 0.217 e. The van der Waals surface area contributed by atoms with E-state index < -0.39 is 0 Å². The van der Waals surface area contributed by atoms with Crippen LogP contribution in [0.25, 0.3) is 0 Å². The van der Waals surface area contributed by atoms with Crippen LogP contribution in [0.15, 0.2) is 0 Å². The van der Waals surface area contributed by atoms with Gasteiger partial charge in [-0.05, 0) is 20.4 Å². The third-order valence-electron chi connectivity index (χ3n) is 1.52. The fourth-order valence-corrected chi connectivity index (χ4v) is 0.837. The lowest BCUT2D eigenvalue weighted by molar-refractivity contribution is -0.120. The molecule has 0 aliphatic carbocycles. The van der Waals surface area contributed by atoms with Crippen molar-refractivity contribution in [1.29, 1.82) is 0 Å². The van der Waals surface area contributed by atoms with E-state index in [1.54, 1.807) is 7.05 Å². The van der Waals surface area contributed by atoms with Crippen LogP contribution < -0.4 is 11.1 Å². The van der Waals surface area contributed by atoms with Crippen molar-refractivity contribution in [3.05, 3.63) is 0 Å². The number of nitrogens with two attached hydrogens (primary N) is 1. The molecule has 0 rings (SSSR count). The maximum absolute atomic E-state index is 10.8. The first-order valence-corrected chi connectivity index (χ1v) is 3.54. The standard InChI is InChI=1S/C7H14N2O2/c1-5(10)6(9-2)3-4-7(8)11/h6,9H,3-4H2,1-2H3,(H2,8,11)/t6-/m0/s1. The Bertz CT molecular complexity index is 157. The molecule has 1 amide bonds. The van der Waals surface area contributed by atoms with Crippen molar-refractivity contribution in [3.63, 3.8) is 0 Å². The van der Waals surface area contributed by atoms with E-state index in [2.05, 4.69) is 5.32 Å². The Hall–Kier alpha value is -0.900. The molecule has 0 heterocycles. The molecule has 0 fully saturated rings. The number of carbonyl (C=O) groups is 2. The van der Waals surface area contributed by atoms with Crippen LogP contribution in [0.2, 0.25) is 0 Å². The van der Waals surface area contributed by atoms with Crippen LogP contribution in [0.4, 0.5) is 0 Å². The summed E-state index contributed by atoms with van der Waals surface area (Å²) in [4.78, 5) is 21.1. The quantitative estimate of drug-likeness (QED) is 0.562. The predicted octanol–water partition coefficient (Wildman–Crippen LogP) is -0.571. The van der Waals surface area contributed by atoms with Crippen molar-refractivity contribution in [3.8, 4) is 0 Å². The summed E-state index contributed by atoms with van der Waals surface area (Å²) in [6.45, 7) is 1.49. The number of rotatable bonds is 5. The van der Waals surface area contributed by atoms with Gasteiger partial charge >= 0.3 is 0 Å². The molecule has 0 saturated carbocycles. The van der Waals surface area contributed by atoms with Crippen molar-refractivity contribution < 1.29 is 9.59 Å². The molecular weight excluding hydrogens is 144 g/mol. The van der Waals surface area contributed by atoms with E-state index in [9.17, 15) is 9.59 Å². The first-order valence-electron chi connectivity index (χ1n) is 3.54. The molecule has 3 N–H and O–H groups in total. The lowest BCUT2D eigenvalue weighted by Gasteiger charge is -2.10. The third-order valence-corrected chi connectivity index (χ3v) is 1.52. The molecule has 0 aromatic heterocycles. The van der Waals surface area contributed by atoms with Crippen molar-refractivity contribution in [2.75, 3.05) is 7.05 Å². The zero-order valence-electron chi connectivity index (χ0n) is 6.89. The monoisotopic (exact) mass is 158 g/mol. The molecule has 0 radical (unpaired) electrons. The number of nitrogens with one attached hydrogen (secondary N) is 1. The number of ketones is 1. The van der Waals surface area contributed by atoms with E-state index >= 15 is 0 Å². The first-order chi connectivity index (χ1) is 5.07. The second-order valence-corrected chi connectivity index (χ2v) is 2.46. The van der Waals surface area contributed by atoms with Crippen molar-refractivity contribution in [2.24, 2.45) is 5.73 Å². The molecule has 64 valence electrons. The van der Waals surface area contributed by atoms with Crippen molar-refractivity contribution in [2.45, 2.75) is 25.8 Å². The van der Waals surface area contributed by atoms with Gasteiger partial charge in [0.15, 0.2) is 0 Å². The molecule has 4 nitrogen and oxygen atoms in total. The molecule has 0 bridgehead atoms. The van der Waals surface area contributed by atoms with Crippen LogP contribution in [0.3, 0.4) is 0 Å². The Labute approximate surface area is 66.1 Å². The minimum absolute atomic E-state index is 0.0359. The minimum Gasteiger partial charge on any atom is -0.370 e. The predicted molar refractivity (Wildman–Crippen MR) is 42.0 cm³/mol. The van der Waals surface area contributed by atoms with Gasteiger partial charge in [0.2, 0.25) is 5.91 Å². The zero-order chi connectivity index (χ0) is 8.85. The first kappa shape index (κ1) is 10.1. The summed E-state index contributed by atoms with van der Waals surface area (Å²) < 4.78 is 0. The van der Waals surface area contributed by atoms with E-state index in [1.807, 2.05) is 0 Å². The SMILES string of the molecule is CN[C@@H](CCC(N)=O)C(C)=O. The highest BCUT2D eigenvalue weighted by molar-refractivity contribution is 5.82. The van der Waals surface area contributed by atoms with Gasteiger partial charge in [-0.2, -0.15) is 0 Å². The Morgan fingerprint density at radius 1 is 1.55 bits per heavy atom. The van der Waals surface area contributed by atoms with Gasteiger partial charge in [-0.25, -0.2) is 0 Å². The van der Waals surface area contributed by atoms with E-state index in [4.69, 9.17) is 5.73 Å². The largest absolute Gasteiger partial charge is 0.370 e. The summed E-state index contributed by atoms with van der Waals surface area (Å²) in [6, 6.07) is -0.234. The van der Waals surface area contributed by atoms with Crippen LogP contribution in [-0.4, -0.2) is 24.8 Å². The number of hydrogen-bond acceptors (Lipinski definition) is 3. The van der Waals surface area contributed by atoms with Gasteiger partial charge in [0.05, 0.1) is 6.04 Å². The van der Waals surface area contributed by atoms with Crippen molar-refractivity contribution >= 4 is 11.7 Å². The summed E-state index contributed by atoms with van der Waals surface area (Å²) in [7, 11) is 1.69. The normalized spacial score (nSPS) is 12.5. The van der Waals surface area contributed by atoms with Crippen LogP contribution in [-0.2, 0) is 9.59 Å². The summed E-state index contributed by atoms with van der Waals surface area (Å²) >= 11 is 0. The number of Topliss-reactive ketones (excluding diaryl/α,β-unsaturated/α-hetero) is 1. The van der Waals surface area contributed by atoms with Crippen molar-refractivity contribution in [1.82, 2.24) is 5.32 Å². The molecule has 0 aliphatic rings. The maximum atomic E-state index is 10.8. The lowest BCUT2D eigenvalue weighted by atomic mass is 10.1. The molecule has 0 aromatic rings. The summed E-state index contributed by atoms with van der Waals surface area (Å²) in [5, 5.41) is 2.80. The summed E-state index contributed by atoms with van der Waals surface area (Å²) in [6.07, 6.45) is 0.742. The van der Waals surface area contributed by atoms with Gasteiger partial charge in [0.1, 0.15) is 5.78 Å². The number of hydrogen-bond donors (Lipinski definition) is 2. The topological polar surface area (TPSA) is 72.2 Å². The lowest BCUT2D eigenvalue weighted by Crippen LogP contribution is -2.33. The fraction of sp³-hybridized carbons (Fsp3) is 0.714. The van der Waals surface area contributed by atoms with E-state index in [0.29, 0.717) is 6.42 Å². The van der Waals surface area contributed by atoms with Gasteiger partial charge in [0, 0.05) is 6.42 Å². The number of likely N-dealkylation sites (N-methyl/N-ethyl adjacent to an activating group) is 1. The molecule has 0 saturated heterocycles. The highest BCUT2D eigenvalue weighted by atomic mass is 16.1. The number of amides is 1. The molecule has 0 unspecified atom stereocenters. The van der Waals surface area contributed by atoms with Gasteiger partial charge < -0.3 is 11.1 Å². The molecule has 11 heavy (non-hydrogen) atoms. The van der Waals surface area contributed by atoms with Gasteiger partial charge in [0.25, 0.3) is 0 Å². The molecular formula is C7H14N2O2. The van der Waals surface area contributed by atoms with Crippen LogP contribution in [0.5, 0.6) is 0 Å². The summed E-state index contributed by atoms with van der Waals surface area (Å²) in [5.41, 5.74) is 4.92. The molecule has 0 aromatic carbocycles. The highest BCUT2D eigenvalue weighted by Gasteiger charge is 2.11. The maximum Gasteiger partial charge on any atom is 0.217 e. The van der Waals surface area contributed by atoms with Crippen LogP contribution in [0, 0.1) is 0 Å². The van der Waals surface area contributed by atoms with Crippen LogP contribution >= 0.6 is 0 Å². The van der Waals surface area contributed by atoms with Gasteiger partial charge in [-0.15, -0.1) is 0 Å². The number of carbonyl (C=O) groups excluding carboxylic acids is 2. The molecule has 1 atom stereocenters. The average Bonchev–Trinajstić information content (AvgIpc) is 1.87. The average molecular weight is 158 g/mol. The summed E-state index contributed by atoms with van der Waals surface area (Å²) in [5.74, 6) is -0.333. The molecule has 0 spiro atoms. The Morgan fingerprint density at radius 3 is 2.36 bits per heavy atom. The third kappa shape index (κ3) is 4.50. The van der Waals surface area contributed by atoms with Gasteiger partial charge in [-0.1, -0.05) is 0 Å². The second kappa shape index (κ2) is 4.85. The molecule has 4 heteroatoms. The van der Waals surface area contributed by atoms with Crippen LogP contribution in [0.1, 0.15) is 19.8 Å². The van der Waals surface area contributed by atoms with E-state index in [-0.39, 0.29) is 24.2 Å². The fourth-order valence-electron chi connectivity index (χ4n) is 0.837. The van der Waals surface area contributed by atoms with Gasteiger partial charge in [-0.3, -0.25) is 9.59 Å². The Balaban J connectivity index is 3.70. The molecule has 0 aliphatic heterocycles. The van der Waals surface area contributed by atoms with E-state index in [1.165, 1.54) is 6.92 Å². The highest BCUT2D eigenvalue weighted by Crippen LogP contribution is 1.96. The minimum atomic E-state index is -0.369. The zero-order valence-corrected chi connectivity index (χ0v) is 6.89. The Kier molecular flexibility index (Phi) is 4.45. The Morgan fingerprint density at radius 2 is 2.09 bits per heavy atom. The second-order valence-electron chi connectivity index (χ2n) is 2.46. The number of primary amides is 1.